The Balaban J connectivity index is 1.92. The predicted octanol–water partition coefficient (Wildman–Crippen LogP) is 4.51. The molecule has 30 heavy (non-hydrogen) atoms. The quantitative estimate of drug-likeness (QED) is 0.602. The molecule has 156 valence electrons. The number of carbonyl (C=O) groups is 1. The van der Waals surface area contributed by atoms with Gasteiger partial charge in [-0.15, -0.1) is 0 Å². The molecule has 8 heteroatoms. The Bertz CT molecular complexity index is 1150. The molecule has 7 nitrogen and oxygen atoms in total. The number of hydrogen-bond acceptors (Lipinski definition) is 5. The average Bonchev–Trinajstić information content (AvgIpc) is 3.17. The molecular weight excluding hydrogens is 404 g/mol. The van der Waals surface area contributed by atoms with Crippen LogP contribution >= 0.6 is 11.6 Å². The number of ether oxygens (including phenoxy) is 1. The Morgan fingerprint density at radius 3 is 2.73 bits per heavy atom. The van der Waals surface area contributed by atoms with Gasteiger partial charge in [-0.05, 0) is 57.9 Å². The fourth-order valence-electron chi connectivity index (χ4n) is 3.74. The van der Waals surface area contributed by atoms with Gasteiger partial charge < -0.3 is 4.74 Å². The fraction of sp³-hybridized carbons (Fsp3) is 0.364. The zero-order valence-electron chi connectivity index (χ0n) is 17.1. The lowest BCUT2D eigenvalue weighted by atomic mass is 10.1. The number of likely N-dealkylation sites (tertiary alicyclic amines) is 1. The van der Waals surface area contributed by atoms with Crippen molar-refractivity contribution in [2.75, 3.05) is 6.54 Å². The van der Waals surface area contributed by atoms with Gasteiger partial charge in [0.2, 0.25) is 0 Å². The van der Waals surface area contributed by atoms with Gasteiger partial charge in [0.15, 0.2) is 0 Å². The van der Waals surface area contributed by atoms with Crippen molar-refractivity contribution in [2.24, 2.45) is 0 Å². The molecule has 3 heterocycles. The highest BCUT2D eigenvalue weighted by Gasteiger charge is 2.36. The summed E-state index contributed by atoms with van der Waals surface area (Å²) in [5.74, 6) is 0.478. The lowest BCUT2D eigenvalue weighted by molar-refractivity contribution is 0.0216. The number of benzene rings is 1. The van der Waals surface area contributed by atoms with E-state index < -0.39 is 17.7 Å². The van der Waals surface area contributed by atoms with Crippen LogP contribution in [0.2, 0.25) is 5.02 Å². The summed E-state index contributed by atoms with van der Waals surface area (Å²) in [4.78, 5) is 36.9. The maximum absolute atomic E-state index is 13.5. The van der Waals surface area contributed by atoms with Crippen LogP contribution in [0.4, 0.5) is 4.79 Å². The van der Waals surface area contributed by atoms with Crippen LogP contribution in [0.1, 0.15) is 45.5 Å². The van der Waals surface area contributed by atoms with Gasteiger partial charge in [-0.2, -0.15) is 0 Å². The molecule has 4 rings (SSSR count). The molecule has 1 saturated heterocycles. The minimum absolute atomic E-state index is 0.287. The van der Waals surface area contributed by atoms with E-state index in [0.717, 1.165) is 6.42 Å². The molecule has 3 aromatic rings. The number of rotatable bonds is 2. The van der Waals surface area contributed by atoms with Crippen molar-refractivity contribution in [1.29, 1.82) is 0 Å². The monoisotopic (exact) mass is 426 g/mol. The van der Waals surface area contributed by atoms with E-state index in [1.54, 1.807) is 47.6 Å². The van der Waals surface area contributed by atoms with Crippen molar-refractivity contribution in [1.82, 2.24) is 19.4 Å². The van der Waals surface area contributed by atoms with Crippen molar-refractivity contribution in [3.05, 3.63) is 63.9 Å². The number of pyridine rings is 1. The van der Waals surface area contributed by atoms with Crippen LogP contribution in [0, 0.1) is 0 Å². The van der Waals surface area contributed by atoms with Crippen LogP contribution in [0.3, 0.4) is 0 Å². The van der Waals surface area contributed by atoms with Gasteiger partial charge in [0.25, 0.3) is 5.56 Å². The molecule has 0 spiro atoms. The summed E-state index contributed by atoms with van der Waals surface area (Å²) in [7, 11) is 0. The normalized spacial score (nSPS) is 16.8. The van der Waals surface area contributed by atoms with Gasteiger partial charge in [0, 0.05) is 12.7 Å². The summed E-state index contributed by atoms with van der Waals surface area (Å²) in [6.45, 7) is 6.03. The Labute approximate surface area is 179 Å². The first-order valence-corrected chi connectivity index (χ1v) is 10.3. The zero-order valence-corrected chi connectivity index (χ0v) is 17.9. The molecule has 1 aliphatic heterocycles. The summed E-state index contributed by atoms with van der Waals surface area (Å²) >= 11 is 6.33. The molecular formula is C22H23ClN4O3. The van der Waals surface area contributed by atoms with Crippen LogP contribution in [0.5, 0.6) is 0 Å². The van der Waals surface area contributed by atoms with Gasteiger partial charge in [-0.1, -0.05) is 17.7 Å². The van der Waals surface area contributed by atoms with Crippen LogP contribution < -0.4 is 5.56 Å². The molecule has 0 bridgehead atoms. The molecule has 1 fully saturated rings. The number of aromatic nitrogens is 3. The maximum atomic E-state index is 13.5. The number of halogens is 1. The highest BCUT2D eigenvalue weighted by molar-refractivity contribution is 6.35. The SMILES string of the molecule is CC(C)(C)OC(=O)N1CCC[C@H]1c1nc2cccc(Cl)c2c(=O)n1-c1cccnc1. The molecule has 1 aromatic carbocycles. The molecule has 1 aliphatic rings. The minimum Gasteiger partial charge on any atom is -0.444 e. The first-order valence-electron chi connectivity index (χ1n) is 9.87. The third-order valence-corrected chi connectivity index (χ3v) is 5.27. The van der Waals surface area contributed by atoms with Gasteiger partial charge in [-0.3, -0.25) is 19.2 Å². The van der Waals surface area contributed by atoms with Gasteiger partial charge in [0.1, 0.15) is 11.4 Å². The molecule has 1 amide bonds. The fourth-order valence-corrected chi connectivity index (χ4v) is 3.99. The van der Waals surface area contributed by atoms with Gasteiger partial charge in [-0.25, -0.2) is 9.78 Å². The largest absolute Gasteiger partial charge is 0.444 e. The van der Waals surface area contributed by atoms with E-state index in [0.29, 0.717) is 40.4 Å². The molecule has 0 radical (unpaired) electrons. The smallest absolute Gasteiger partial charge is 0.410 e. The van der Waals surface area contributed by atoms with Crippen LogP contribution in [-0.4, -0.2) is 37.7 Å². The summed E-state index contributed by atoms with van der Waals surface area (Å²) in [5, 5.41) is 0.679. The molecule has 1 atom stereocenters. The summed E-state index contributed by atoms with van der Waals surface area (Å²) < 4.78 is 7.10. The third kappa shape index (κ3) is 3.77. The lowest BCUT2D eigenvalue weighted by Gasteiger charge is -2.29. The van der Waals surface area contributed by atoms with Crippen molar-refractivity contribution in [3.63, 3.8) is 0 Å². The first-order chi connectivity index (χ1) is 14.3. The Kier molecular flexibility index (Phi) is 5.24. The summed E-state index contributed by atoms with van der Waals surface area (Å²) in [5.41, 5.74) is 0.170. The van der Waals surface area contributed by atoms with Crippen LogP contribution in [0.15, 0.2) is 47.5 Å². The van der Waals surface area contributed by atoms with E-state index in [2.05, 4.69) is 4.98 Å². The highest BCUT2D eigenvalue weighted by Crippen LogP contribution is 2.34. The molecule has 0 unspecified atom stereocenters. The maximum Gasteiger partial charge on any atom is 0.410 e. The van der Waals surface area contributed by atoms with Crippen LogP contribution in [0.25, 0.3) is 16.6 Å². The average molecular weight is 427 g/mol. The zero-order chi connectivity index (χ0) is 21.5. The van der Waals surface area contributed by atoms with Gasteiger partial charge >= 0.3 is 6.09 Å². The van der Waals surface area contributed by atoms with Crippen LogP contribution in [-0.2, 0) is 4.74 Å². The van der Waals surface area contributed by atoms with Crippen molar-refractivity contribution < 1.29 is 9.53 Å². The van der Waals surface area contributed by atoms with Crippen molar-refractivity contribution in [2.45, 2.75) is 45.3 Å². The molecule has 2 aromatic heterocycles. The predicted molar refractivity (Wildman–Crippen MR) is 115 cm³/mol. The number of amides is 1. The van der Waals surface area contributed by atoms with E-state index in [-0.39, 0.29) is 5.56 Å². The topological polar surface area (TPSA) is 77.3 Å². The molecule has 0 aliphatic carbocycles. The second kappa shape index (κ2) is 7.72. The summed E-state index contributed by atoms with van der Waals surface area (Å²) in [6, 6.07) is 8.33. The van der Waals surface area contributed by atoms with Crippen molar-refractivity contribution >= 4 is 28.6 Å². The second-order valence-corrected chi connectivity index (χ2v) is 8.69. The van der Waals surface area contributed by atoms with E-state index in [1.807, 2.05) is 20.8 Å². The second-order valence-electron chi connectivity index (χ2n) is 8.29. The third-order valence-electron chi connectivity index (χ3n) is 4.96. The lowest BCUT2D eigenvalue weighted by Crippen LogP contribution is -2.38. The Hall–Kier alpha value is -2.93. The summed E-state index contributed by atoms with van der Waals surface area (Å²) in [6.07, 6.45) is 4.29. The van der Waals surface area contributed by atoms with Gasteiger partial charge in [0.05, 0.1) is 33.9 Å². The highest BCUT2D eigenvalue weighted by atomic mass is 35.5. The number of fused-ring (bicyclic) bond motifs is 1. The Morgan fingerprint density at radius 2 is 2.03 bits per heavy atom. The molecule has 0 saturated carbocycles. The van der Waals surface area contributed by atoms with E-state index in [1.165, 1.54) is 4.57 Å². The number of carbonyl (C=O) groups excluding carboxylic acids is 1. The van der Waals surface area contributed by atoms with E-state index in [9.17, 15) is 9.59 Å². The van der Waals surface area contributed by atoms with E-state index in [4.69, 9.17) is 21.3 Å². The Morgan fingerprint density at radius 1 is 1.23 bits per heavy atom. The standard InChI is InChI=1S/C22H23ClN4O3/c1-22(2,3)30-21(29)26-12-6-10-17(26)19-25-16-9-4-8-15(23)18(16)20(28)27(19)14-7-5-11-24-13-14/h4-5,7-9,11,13,17H,6,10,12H2,1-3H3/t17-/m0/s1. The van der Waals surface area contributed by atoms with Crippen molar-refractivity contribution in [3.8, 4) is 5.69 Å². The first kappa shape index (κ1) is 20.3. The molecule has 0 N–H and O–H groups in total. The van der Waals surface area contributed by atoms with E-state index >= 15 is 0 Å². The number of hydrogen-bond donors (Lipinski definition) is 0. The minimum atomic E-state index is -0.614. The number of nitrogens with zero attached hydrogens (tertiary/aromatic N) is 4.